The number of pyridine rings is 1. The fraction of sp³-hybridized carbons (Fsp3) is 0.600. The maximum absolute atomic E-state index is 12.3. The second-order valence-corrected chi connectivity index (χ2v) is 5.70. The van der Waals surface area contributed by atoms with E-state index in [0.717, 1.165) is 37.1 Å². The number of nitrogens with zero attached hydrogens (tertiary/aromatic N) is 1. The summed E-state index contributed by atoms with van der Waals surface area (Å²) in [6, 6.07) is 1.89. The molecule has 20 heavy (non-hydrogen) atoms. The third kappa shape index (κ3) is 3.62. The van der Waals surface area contributed by atoms with Crippen molar-refractivity contribution in [3.05, 3.63) is 28.2 Å². The summed E-state index contributed by atoms with van der Waals surface area (Å²) in [6.45, 7) is 5.91. The van der Waals surface area contributed by atoms with Crippen molar-refractivity contribution in [2.75, 3.05) is 18.4 Å². The van der Waals surface area contributed by atoms with Crippen LogP contribution in [0.4, 0.5) is 5.69 Å². The lowest BCUT2D eigenvalue weighted by Crippen LogP contribution is -2.35. The topological polar surface area (TPSA) is 63.1 Å². The van der Waals surface area contributed by atoms with E-state index in [1.807, 2.05) is 6.07 Å². The summed E-state index contributed by atoms with van der Waals surface area (Å²) in [5, 5.41) is 6.07. The van der Waals surface area contributed by atoms with Crippen molar-refractivity contribution in [1.29, 1.82) is 0 Å². The Kier molecular flexibility index (Phi) is 4.82. The summed E-state index contributed by atoms with van der Waals surface area (Å²) in [6.07, 6.45) is 4.40. The Hall–Kier alpha value is -1.78. The Morgan fingerprint density at radius 3 is 3.05 bits per heavy atom. The number of amides is 1. The van der Waals surface area contributed by atoms with Crippen LogP contribution < -0.4 is 16.2 Å². The monoisotopic (exact) mass is 277 g/mol. The van der Waals surface area contributed by atoms with Crippen molar-refractivity contribution in [3.8, 4) is 0 Å². The summed E-state index contributed by atoms with van der Waals surface area (Å²) in [5.41, 5.74) is 1.67. The minimum atomic E-state index is -0.100. The molecule has 0 saturated carbocycles. The molecular weight excluding hydrogens is 254 g/mol. The third-order valence-corrected chi connectivity index (χ3v) is 3.54. The molecule has 0 saturated heterocycles. The molecule has 0 aromatic carbocycles. The SMILES string of the molecule is CC(C)CCNC(=O)Cn1ccc2c(c1=O)CCCN2. The molecule has 0 unspecified atom stereocenters. The van der Waals surface area contributed by atoms with Crippen molar-refractivity contribution in [2.24, 2.45) is 5.92 Å². The number of nitrogens with one attached hydrogen (secondary N) is 2. The number of hydrogen-bond acceptors (Lipinski definition) is 3. The molecule has 5 heteroatoms. The van der Waals surface area contributed by atoms with Crippen molar-refractivity contribution in [1.82, 2.24) is 9.88 Å². The molecule has 0 fully saturated rings. The molecule has 0 spiro atoms. The smallest absolute Gasteiger partial charge is 0.256 e. The standard InChI is InChI=1S/C15H23N3O2/c1-11(2)5-8-17-14(19)10-18-9-6-13-12(15(18)20)4-3-7-16-13/h6,9,11,16H,3-5,7-8,10H2,1-2H3,(H,17,19). The van der Waals surface area contributed by atoms with Crippen molar-refractivity contribution < 1.29 is 4.79 Å². The number of aromatic nitrogens is 1. The van der Waals surface area contributed by atoms with Gasteiger partial charge in [0.2, 0.25) is 5.91 Å². The van der Waals surface area contributed by atoms with Gasteiger partial charge in [-0.3, -0.25) is 9.59 Å². The van der Waals surface area contributed by atoms with Gasteiger partial charge in [0.1, 0.15) is 6.54 Å². The van der Waals surface area contributed by atoms with Gasteiger partial charge >= 0.3 is 0 Å². The zero-order chi connectivity index (χ0) is 14.5. The molecule has 1 aromatic rings. The van der Waals surface area contributed by atoms with Crippen LogP contribution in [-0.2, 0) is 17.8 Å². The number of rotatable bonds is 5. The lowest BCUT2D eigenvalue weighted by molar-refractivity contribution is -0.121. The van der Waals surface area contributed by atoms with E-state index in [-0.39, 0.29) is 18.0 Å². The first-order valence-corrected chi connectivity index (χ1v) is 7.31. The maximum atomic E-state index is 12.3. The van der Waals surface area contributed by atoms with E-state index in [1.54, 1.807) is 6.20 Å². The van der Waals surface area contributed by atoms with Gasteiger partial charge in [0.25, 0.3) is 5.56 Å². The predicted octanol–water partition coefficient (Wildman–Crippen LogP) is 1.37. The van der Waals surface area contributed by atoms with Gasteiger partial charge < -0.3 is 15.2 Å². The normalized spacial score (nSPS) is 13.8. The van der Waals surface area contributed by atoms with Crippen LogP contribution in [0.25, 0.3) is 0 Å². The molecule has 0 bridgehead atoms. The fourth-order valence-electron chi connectivity index (χ4n) is 2.35. The zero-order valence-electron chi connectivity index (χ0n) is 12.2. The molecule has 0 radical (unpaired) electrons. The van der Waals surface area contributed by atoms with Gasteiger partial charge in [0.15, 0.2) is 0 Å². The van der Waals surface area contributed by atoms with Gasteiger partial charge in [0.05, 0.1) is 0 Å². The van der Waals surface area contributed by atoms with Crippen LogP contribution >= 0.6 is 0 Å². The molecule has 0 aliphatic carbocycles. The van der Waals surface area contributed by atoms with E-state index in [1.165, 1.54) is 4.57 Å². The lowest BCUT2D eigenvalue weighted by atomic mass is 10.1. The molecule has 110 valence electrons. The summed E-state index contributed by atoms with van der Waals surface area (Å²) < 4.78 is 1.50. The van der Waals surface area contributed by atoms with Crippen LogP contribution in [0.3, 0.4) is 0 Å². The number of carbonyl (C=O) groups is 1. The van der Waals surface area contributed by atoms with E-state index in [0.29, 0.717) is 12.5 Å². The Bertz CT molecular complexity index is 534. The lowest BCUT2D eigenvalue weighted by Gasteiger charge is -2.18. The minimum Gasteiger partial charge on any atom is -0.385 e. The maximum Gasteiger partial charge on any atom is 0.256 e. The van der Waals surface area contributed by atoms with E-state index in [4.69, 9.17) is 0 Å². The molecule has 2 N–H and O–H groups in total. The van der Waals surface area contributed by atoms with Crippen molar-refractivity contribution >= 4 is 11.6 Å². The summed E-state index contributed by atoms with van der Waals surface area (Å²) in [5.74, 6) is 0.462. The molecule has 2 rings (SSSR count). The van der Waals surface area contributed by atoms with E-state index in [2.05, 4.69) is 24.5 Å². The molecule has 1 aromatic heterocycles. The average Bonchev–Trinajstić information content (AvgIpc) is 2.42. The van der Waals surface area contributed by atoms with Crippen LogP contribution in [0.1, 0.15) is 32.3 Å². The number of anilines is 1. The summed E-state index contributed by atoms with van der Waals surface area (Å²) in [4.78, 5) is 24.1. The number of hydrogen-bond donors (Lipinski definition) is 2. The van der Waals surface area contributed by atoms with Gasteiger partial charge in [-0.15, -0.1) is 0 Å². The van der Waals surface area contributed by atoms with Crippen LogP contribution in [0.5, 0.6) is 0 Å². The van der Waals surface area contributed by atoms with Gasteiger partial charge in [-0.2, -0.15) is 0 Å². The summed E-state index contributed by atoms with van der Waals surface area (Å²) in [7, 11) is 0. The Labute approximate surface area is 119 Å². The quantitative estimate of drug-likeness (QED) is 0.854. The zero-order valence-corrected chi connectivity index (χ0v) is 12.2. The molecule has 2 heterocycles. The molecule has 1 aliphatic heterocycles. The van der Waals surface area contributed by atoms with Gasteiger partial charge in [-0.1, -0.05) is 13.8 Å². The largest absolute Gasteiger partial charge is 0.385 e. The van der Waals surface area contributed by atoms with Crippen LogP contribution in [0, 0.1) is 5.92 Å². The van der Waals surface area contributed by atoms with Crippen LogP contribution in [0.15, 0.2) is 17.1 Å². The highest BCUT2D eigenvalue weighted by Gasteiger charge is 2.14. The highest BCUT2D eigenvalue weighted by atomic mass is 16.2. The van der Waals surface area contributed by atoms with Crippen LogP contribution in [-0.4, -0.2) is 23.6 Å². The van der Waals surface area contributed by atoms with Crippen LogP contribution in [0.2, 0.25) is 0 Å². The Morgan fingerprint density at radius 1 is 1.50 bits per heavy atom. The molecule has 1 amide bonds. The Balaban J connectivity index is 1.99. The van der Waals surface area contributed by atoms with E-state index < -0.39 is 0 Å². The first-order chi connectivity index (χ1) is 9.58. The predicted molar refractivity (Wildman–Crippen MR) is 80.0 cm³/mol. The van der Waals surface area contributed by atoms with Gasteiger partial charge in [-0.05, 0) is 31.2 Å². The molecular formula is C15H23N3O2. The van der Waals surface area contributed by atoms with Crippen molar-refractivity contribution in [2.45, 2.75) is 39.7 Å². The molecule has 1 aliphatic rings. The first-order valence-electron chi connectivity index (χ1n) is 7.31. The highest BCUT2D eigenvalue weighted by Crippen LogP contribution is 2.17. The fourth-order valence-corrected chi connectivity index (χ4v) is 2.35. The highest BCUT2D eigenvalue weighted by molar-refractivity contribution is 5.75. The Morgan fingerprint density at radius 2 is 2.30 bits per heavy atom. The first kappa shape index (κ1) is 14.6. The average molecular weight is 277 g/mol. The van der Waals surface area contributed by atoms with E-state index in [9.17, 15) is 9.59 Å². The second kappa shape index (κ2) is 6.59. The second-order valence-electron chi connectivity index (χ2n) is 5.70. The summed E-state index contributed by atoms with van der Waals surface area (Å²) >= 11 is 0. The van der Waals surface area contributed by atoms with E-state index >= 15 is 0 Å². The third-order valence-electron chi connectivity index (χ3n) is 3.54. The number of fused-ring (bicyclic) bond motifs is 1. The van der Waals surface area contributed by atoms with Gasteiger partial charge in [-0.25, -0.2) is 0 Å². The number of carbonyl (C=O) groups excluding carboxylic acids is 1. The van der Waals surface area contributed by atoms with Gasteiger partial charge in [0, 0.05) is 30.5 Å². The minimum absolute atomic E-state index is 0.0475. The molecule has 0 atom stereocenters. The van der Waals surface area contributed by atoms with Crippen molar-refractivity contribution in [3.63, 3.8) is 0 Å². The molecule has 5 nitrogen and oxygen atoms in total.